The molecule has 0 bridgehead atoms. The first-order chi connectivity index (χ1) is 11.6. The minimum absolute atomic E-state index is 0.0355. The van der Waals surface area contributed by atoms with Crippen LogP contribution in [-0.4, -0.2) is 33.8 Å². The van der Waals surface area contributed by atoms with E-state index >= 15 is 0 Å². The Morgan fingerprint density at radius 1 is 1.25 bits per heavy atom. The Labute approximate surface area is 143 Å². The Morgan fingerprint density at radius 3 is 2.88 bits per heavy atom. The number of hydrogen-bond donors (Lipinski definition) is 0. The number of thioether (sulfide) groups is 1. The summed E-state index contributed by atoms with van der Waals surface area (Å²) in [6.07, 6.45) is 1.59. The Kier molecular flexibility index (Phi) is 5.00. The van der Waals surface area contributed by atoms with Crippen molar-refractivity contribution in [3.8, 4) is 11.5 Å². The molecule has 0 saturated heterocycles. The first-order valence-corrected chi connectivity index (χ1v) is 8.40. The smallest absolute Gasteiger partial charge is 0.277 e. The van der Waals surface area contributed by atoms with E-state index < -0.39 is 0 Å². The number of amides is 1. The second kappa shape index (κ2) is 7.35. The van der Waals surface area contributed by atoms with Gasteiger partial charge in [-0.15, -0.1) is 10.2 Å². The van der Waals surface area contributed by atoms with Gasteiger partial charge in [-0.05, 0) is 31.2 Å². The van der Waals surface area contributed by atoms with E-state index in [9.17, 15) is 4.79 Å². The van der Waals surface area contributed by atoms with Crippen molar-refractivity contribution in [3.05, 3.63) is 54.0 Å². The molecule has 3 aromatic rings. The molecule has 0 radical (unpaired) electrons. The monoisotopic (exact) mass is 343 g/mol. The van der Waals surface area contributed by atoms with E-state index in [1.54, 1.807) is 24.3 Å². The quantitative estimate of drug-likeness (QED) is 0.639. The molecule has 1 aromatic carbocycles. The van der Waals surface area contributed by atoms with Gasteiger partial charge in [0.15, 0.2) is 0 Å². The summed E-state index contributed by atoms with van der Waals surface area (Å²) in [5.41, 5.74) is 1.99. The van der Waals surface area contributed by atoms with Crippen LogP contribution < -0.4 is 0 Å². The van der Waals surface area contributed by atoms with Gasteiger partial charge in [-0.1, -0.05) is 29.5 Å². The van der Waals surface area contributed by atoms with Crippen LogP contribution in [0.3, 0.4) is 0 Å². The normalized spacial score (nSPS) is 10.8. The molecule has 0 aliphatic carbocycles. The van der Waals surface area contributed by atoms with Gasteiger partial charge in [-0.2, -0.15) is 0 Å². The molecule has 1 amide bonds. The van der Waals surface area contributed by atoms with Gasteiger partial charge in [-0.3, -0.25) is 4.79 Å². The van der Waals surface area contributed by atoms with E-state index in [0.29, 0.717) is 17.7 Å². The molecule has 6 nitrogen and oxygen atoms in total. The largest absolute Gasteiger partial charge is 0.467 e. The number of aryl methyl sites for hydroxylation is 1. The summed E-state index contributed by atoms with van der Waals surface area (Å²) in [4.78, 5) is 13.7. The number of nitrogens with zero attached hydrogens (tertiary/aromatic N) is 3. The molecule has 0 N–H and O–H groups in total. The van der Waals surface area contributed by atoms with Gasteiger partial charge in [-0.25, -0.2) is 0 Å². The molecule has 24 heavy (non-hydrogen) atoms. The van der Waals surface area contributed by atoms with Crippen molar-refractivity contribution in [1.82, 2.24) is 15.1 Å². The molecular weight excluding hydrogens is 326 g/mol. The van der Waals surface area contributed by atoms with Gasteiger partial charge < -0.3 is 13.7 Å². The number of rotatable bonds is 6. The highest BCUT2D eigenvalue weighted by Crippen LogP contribution is 2.24. The van der Waals surface area contributed by atoms with Crippen LogP contribution in [0.4, 0.5) is 0 Å². The predicted octanol–water partition coefficient (Wildman–Crippen LogP) is 3.39. The third kappa shape index (κ3) is 4.05. The van der Waals surface area contributed by atoms with Gasteiger partial charge >= 0.3 is 0 Å². The maximum absolute atomic E-state index is 12.1. The third-order valence-corrected chi connectivity index (χ3v) is 4.19. The van der Waals surface area contributed by atoms with Crippen molar-refractivity contribution in [2.75, 3.05) is 12.8 Å². The number of carbonyl (C=O) groups is 1. The number of hydrogen-bond acceptors (Lipinski definition) is 6. The van der Waals surface area contributed by atoms with E-state index in [4.69, 9.17) is 8.83 Å². The highest BCUT2D eigenvalue weighted by atomic mass is 32.2. The maximum Gasteiger partial charge on any atom is 0.277 e. The Hall–Kier alpha value is -2.54. The van der Waals surface area contributed by atoms with Crippen LogP contribution >= 0.6 is 11.8 Å². The van der Waals surface area contributed by atoms with Gasteiger partial charge in [0.1, 0.15) is 5.76 Å². The minimum atomic E-state index is -0.0355. The molecule has 0 unspecified atom stereocenters. The van der Waals surface area contributed by atoms with E-state index in [0.717, 1.165) is 16.9 Å². The number of furan rings is 1. The number of aromatic nitrogens is 2. The summed E-state index contributed by atoms with van der Waals surface area (Å²) in [6, 6.07) is 11.5. The molecule has 3 rings (SSSR count). The van der Waals surface area contributed by atoms with Crippen molar-refractivity contribution in [1.29, 1.82) is 0 Å². The highest BCUT2D eigenvalue weighted by molar-refractivity contribution is 7.99. The molecule has 2 heterocycles. The third-order valence-electron chi connectivity index (χ3n) is 3.39. The summed E-state index contributed by atoms with van der Waals surface area (Å²) in [7, 11) is 1.73. The van der Waals surface area contributed by atoms with E-state index in [2.05, 4.69) is 10.2 Å². The average Bonchev–Trinajstić information content (AvgIpc) is 3.24. The fourth-order valence-electron chi connectivity index (χ4n) is 2.12. The van der Waals surface area contributed by atoms with Gasteiger partial charge in [0, 0.05) is 12.6 Å². The molecule has 0 aliphatic heterocycles. The van der Waals surface area contributed by atoms with Crippen LogP contribution in [0, 0.1) is 6.92 Å². The second-order valence-electron chi connectivity index (χ2n) is 5.36. The van der Waals surface area contributed by atoms with E-state index in [1.165, 1.54) is 11.8 Å². The number of carbonyl (C=O) groups excluding carboxylic acids is 1. The summed E-state index contributed by atoms with van der Waals surface area (Å²) in [5.74, 6) is 1.40. The first kappa shape index (κ1) is 16.3. The van der Waals surface area contributed by atoms with Crippen LogP contribution in [0.5, 0.6) is 0 Å². The fraction of sp³-hybridized carbons (Fsp3) is 0.235. The lowest BCUT2D eigenvalue weighted by atomic mass is 10.1. The average molecular weight is 343 g/mol. The van der Waals surface area contributed by atoms with E-state index in [1.807, 2.05) is 37.3 Å². The molecule has 2 aromatic heterocycles. The molecular formula is C17H17N3O3S. The van der Waals surface area contributed by atoms with Gasteiger partial charge in [0.05, 0.1) is 18.6 Å². The SMILES string of the molecule is Cc1cccc(-c2nnc(SCC(=O)N(C)Cc3ccco3)o2)c1. The number of benzene rings is 1. The van der Waals surface area contributed by atoms with Gasteiger partial charge in [0.2, 0.25) is 11.8 Å². The lowest BCUT2D eigenvalue weighted by Crippen LogP contribution is -2.27. The zero-order valence-corrected chi connectivity index (χ0v) is 14.2. The lowest BCUT2D eigenvalue weighted by Gasteiger charge is -2.14. The van der Waals surface area contributed by atoms with Crippen molar-refractivity contribution < 1.29 is 13.6 Å². The maximum atomic E-state index is 12.1. The van der Waals surface area contributed by atoms with Gasteiger partial charge in [0.25, 0.3) is 5.22 Å². The molecule has 0 spiro atoms. The van der Waals surface area contributed by atoms with Crippen molar-refractivity contribution in [3.63, 3.8) is 0 Å². The second-order valence-corrected chi connectivity index (χ2v) is 6.29. The summed E-state index contributed by atoms with van der Waals surface area (Å²) in [5, 5.41) is 8.40. The van der Waals surface area contributed by atoms with Crippen LogP contribution in [0.25, 0.3) is 11.5 Å². The van der Waals surface area contributed by atoms with Crippen molar-refractivity contribution >= 4 is 17.7 Å². The molecule has 0 fully saturated rings. The van der Waals surface area contributed by atoms with E-state index in [-0.39, 0.29) is 11.7 Å². The van der Waals surface area contributed by atoms with Crippen molar-refractivity contribution in [2.24, 2.45) is 0 Å². The summed E-state index contributed by atoms with van der Waals surface area (Å²) >= 11 is 1.23. The molecule has 0 atom stereocenters. The molecule has 124 valence electrons. The Balaban J connectivity index is 1.56. The zero-order chi connectivity index (χ0) is 16.9. The van der Waals surface area contributed by atoms with Crippen LogP contribution in [0.2, 0.25) is 0 Å². The van der Waals surface area contributed by atoms with Crippen LogP contribution in [-0.2, 0) is 11.3 Å². The lowest BCUT2D eigenvalue weighted by molar-refractivity contribution is -0.127. The highest BCUT2D eigenvalue weighted by Gasteiger charge is 2.14. The topological polar surface area (TPSA) is 72.4 Å². The molecule has 7 heteroatoms. The Bertz CT molecular complexity index is 814. The van der Waals surface area contributed by atoms with Crippen LogP contribution in [0.15, 0.2) is 56.7 Å². The summed E-state index contributed by atoms with van der Waals surface area (Å²) in [6.45, 7) is 2.44. The minimum Gasteiger partial charge on any atom is -0.467 e. The van der Waals surface area contributed by atoms with Crippen molar-refractivity contribution in [2.45, 2.75) is 18.7 Å². The fourth-order valence-corrected chi connectivity index (χ4v) is 2.82. The van der Waals surface area contributed by atoms with Crippen LogP contribution in [0.1, 0.15) is 11.3 Å². The molecule has 0 saturated carbocycles. The molecule has 0 aliphatic rings. The zero-order valence-electron chi connectivity index (χ0n) is 13.4. The summed E-state index contributed by atoms with van der Waals surface area (Å²) < 4.78 is 10.8. The standard InChI is InChI=1S/C17H17N3O3S/c1-12-5-3-6-13(9-12)16-18-19-17(23-16)24-11-15(21)20(2)10-14-7-4-8-22-14/h3-9H,10-11H2,1-2H3. The first-order valence-electron chi connectivity index (χ1n) is 7.41. The predicted molar refractivity (Wildman–Crippen MR) is 90.4 cm³/mol. The Morgan fingerprint density at radius 2 is 2.12 bits per heavy atom.